The van der Waals surface area contributed by atoms with Gasteiger partial charge in [0.2, 0.25) is 0 Å². The molecule has 2 heterocycles. The third-order valence-corrected chi connectivity index (χ3v) is 5.26. The number of hydrogen-bond donors (Lipinski definition) is 1. The molecular weight excluding hydrogens is 345 g/mol. The summed E-state index contributed by atoms with van der Waals surface area (Å²) in [5.41, 5.74) is 2.84. The van der Waals surface area contributed by atoms with Crippen LogP contribution >= 0.6 is 0 Å². The molecule has 2 aromatic rings. The molecule has 6 nitrogen and oxygen atoms in total. The summed E-state index contributed by atoms with van der Waals surface area (Å²) in [6.45, 7) is 4.39. The van der Waals surface area contributed by atoms with Crippen LogP contribution in [0.25, 0.3) is 0 Å². The molecule has 0 fully saturated rings. The van der Waals surface area contributed by atoms with Crippen molar-refractivity contribution in [2.75, 3.05) is 18.6 Å². The normalized spacial score (nSPS) is 16.6. The first-order chi connectivity index (χ1) is 11.7. The lowest BCUT2D eigenvalue weighted by atomic mass is 10.1. The highest BCUT2D eigenvalue weighted by atomic mass is 32.2. The van der Waals surface area contributed by atoms with Gasteiger partial charge in [-0.05, 0) is 30.2 Å². The maximum absolute atomic E-state index is 13.7. The minimum absolute atomic E-state index is 0.203. The topological polar surface area (TPSA) is 75.4 Å². The van der Waals surface area contributed by atoms with E-state index >= 15 is 0 Å². The van der Waals surface area contributed by atoms with E-state index < -0.39 is 15.9 Å². The van der Waals surface area contributed by atoms with Crippen LogP contribution in [0.4, 0.5) is 4.39 Å². The zero-order valence-electron chi connectivity index (χ0n) is 14.3. The molecule has 25 heavy (non-hydrogen) atoms. The van der Waals surface area contributed by atoms with Crippen LogP contribution in [0.3, 0.4) is 0 Å². The lowest BCUT2D eigenvalue weighted by Crippen LogP contribution is -2.33. The summed E-state index contributed by atoms with van der Waals surface area (Å²) in [6, 6.07) is 7.00. The standard InChI is InChI=1S/C17H22FN3O3S/c1-12-3-4-13(7-15(12)18)9-20-5-6-21-14(10-20)8-16(19-21)17(22)11-25(2,23)24/h3-4,7-8,17,22H,5-6,9-11H2,1-2H3. The number of rotatable bonds is 5. The summed E-state index contributed by atoms with van der Waals surface area (Å²) in [5.74, 6) is -0.541. The molecule has 1 aromatic carbocycles. The average Bonchev–Trinajstić information content (AvgIpc) is 2.93. The maximum atomic E-state index is 13.7. The Hall–Kier alpha value is -1.77. The lowest BCUT2D eigenvalue weighted by Gasteiger charge is -2.27. The molecule has 1 unspecified atom stereocenters. The van der Waals surface area contributed by atoms with Crippen LogP contribution in [0.5, 0.6) is 0 Å². The number of halogens is 1. The van der Waals surface area contributed by atoms with E-state index in [0.717, 1.165) is 24.1 Å². The Bertz CT molecular complexity index is 879. The van der Waals surface area contributed by atoms with Crippen molar-refractivity contribution >= 4 is 9.84 Å². The number of fused-ring (bicyclic) bond motifs is 1. The molecule has 0 saturated heterocycles. The van der Waals surface area contributed by atoms with E-state index in [1.54, 1.807) is 29.8 Å². The van der Waals surface area contributed by atoms with Crippen molar-refractivity contribution in [3.63, 3.8) is 0 Å². The Labute approximate surface area is 146 Å². The van der Waals surface area contributed by atoms with E-state index in [9.17, 15) is 17.9 Å². The van der Waals surface area contributed by atoms with Crippen LogP contribution in [0.15, 0.2) is 24.3 Å². The Kier molecular flexibility index (Phi) is 4.95. The van der Waals surface area contributed by atoms with Crippen LogP contribution in [-0.4, -0.2) is 46.8 Å². The van der Waals surface area contributed by atoms with Crippen LogP contribution in [0, 0.1) is 12.7 Å². The van der Waals surface area contributed by atoms with Crippen LogP contribution < -0.4 is 0 Å². The van der Waals surface area contributed by atoms with Crippen molar-refractivity contribution in [1.29, 1.82) is 0 Å². The highest BCUT2D eigenvalue weighted by Crippen LogP contribution is 2.21. The summed E-state index contributed by atoms with van der Waals surface area (Å²) >= 11 is 0. The number of aromatic nitrogens is 2. The van der Waals surface area contributed by atoms with Crippen LogP contribution in [0.1, 0.15) is 28.6 Å². The summed E-state index contributed by atoms with van der Waals surface area (Å²) in [7, 11) is -3.28. The zero-order valence-corrected chi connectivity index (χ0v) is 15.1. The molecule has 3 rings (SSSR count). The Morgan fingerprint density at radius 1 is 1.32 bits per heavy atom. The highest BCUT2D eigenvalue weighted by molar-refractivity contribution is 7.90. The molecule has 1 N–H and O–H groups in total. The van der Waals surface area contributed by atoms with Crippen molar-refractivity contribution in [2.24, 2.45) is 0 Å². The number of nitrogens with zero attached hydrogens (tertiary/aromatic N) is 3. The van der Waals surface area contributed by atoms with Gasteiger partial charge in [-0.1, -0.05) is 12.1 Å². The molecule has 1 aromatic heterocycles. The van der Waals surface area contributed by atoms with Gasteiger partial charge >= 0.3 is 0 Å². The fraction of sp³-hybridized carbons (Fsp3) is 0.471. The fourth-order valence-corrected chi connectivity index (χ4v) is 3.75. The number of aliphatic hydroxyl groups is 1. The largest absolute Gasteiger partial charge is 0.386 e. The maximum Gasteiger partial charge on any atom is 0.150 e. The zero-order chi connectivity index (χ0) is 18.2. The van der Waals surface area contributed by atoms with E-state index in [1.807, 2.05) is 6.07 Å². The number of sulfone groups is 1. The first kappa shape index (κ1) is 18.0. The van der Waals surface area contributed by atoms with Gasteiger partial charge in [0.05, 0.1) is 23.7 Å². The van der Waals surface area contributed by atoms with Gasteiger partial charge in [-0.3, -0.25) is 9.58 Å². The minimum atomic E-state index is -3.28. The molecule has 136 valence electrons. The number of aryl methyl sites for hydroxylation is 1. The summed E-state index contributed by atoms with van der Waals surface area (Å²) in [6.07, 6.45) is -0.0259. The lowest BCUT2D eigenvalue weighted by molar-refractivity contribution is 0.191. The van der Waals surface area contributed by atoms with Crippen LogP contribution in [-0.2, 0) is 29.5 Å². The predicted molar refractivity (Wildman–Crippen MR) is 92.1 cm³/mol. The van der Waals surface area contributed by atoms with Gasteiger partial charge in [0.25, 0.3) is 0 Å². The van der Waals surface area contributed by atoms with Gasteiger partial charge in [0.15, 0.2) is 0 Å². The second-order valence-corrected chi connectivity index (χ2v) is 8.87. The van der Waals surface area contributed by atoms with Crippen molar-refractivity contribution in [3.05, 3.63) is 52.6 Å². The summed E-state index contributed by atoms with van der Waals surface area (Å²) in [4.78, 5) is 2.17. The summed E-state index contributed by atoms with van der Waals surface area (Å²) in [5, 5.41) is 14.4. The smallest absolute Gasteiger partial charge is 0.150 e. The average molecular weight is 367 g/mol. The third kappa shape index (κ3) is 4.45. The van der Waals surface area contributed by atoms with Crippen molar-refractivity contribution in [2.45, 2.75) is 32.7 Å². The Balaban J connectivity index is 1.70. The Morgan fingerprint density at radius 2 is 2.08 bits per heavy atom. The van der Waals surface area contributed by atoms with Gasteiger partial charge in [0.1, 0.15) is 21.8 Å². The molecule has 1 aliphatic rings. The first-order valence-corrected chi connectivity index (χ1v) is 10.2. The number of benzene rings is 1. The molecule has 0 radical (unpaired) electrons. The molecule has 0 aliphatic carbocycles. The Morgan fingerprint density at radius 3 is 2.76 bits per heavy atom. The first-order valence-electron chi connectivity index (χ1n) is 8.11. The van der Waals surface area contributed by atoms with E-state index in [0.29, 0.717) is 30.9 Å². The van der Waals surface area contributed by atoms with Crippen molar-refractivity contribution in [1.82, 2.24) is 14.7 Å². The molecule has 1 aliphatic heterocycles. The quantitative estimate of drug-likeness (QED) is 0.865. The second-order valence-electron chi connectivity index (χ2n) is 6.69. The van der Waals surface area contributed by atoms with Gasteiger partial charge in [-0.25, -0.2) is 12.8 Å². The van der Waals surface area contributed by atoms with Crippen LogP contribution in [0.2, 0.25) is 0 Å². The SMILES string of the molecule is Cc1ccc(CN2CCn3nc(C(O)CS(C)(=O)=O)cc3C2)cc1F. The van der Waals surface area contributed by atoms with Gasteiger partial charge in [-0.2, -0.15) is 5.10 Å². The predicted octanol–water partition coefficient (Wildman–Crippen LogP) is 1.42. The van der Waals surface area contributed by atoms with E-state index in [1.165, 1.54) is 0 Å². The van der Waals surface area contributed by atoms with Gasteiger partial charge in [0, 0.05) is 25.9 Å². The fourth-order valence-electron chi connectivity index (χ4n) is 3.01. The van der Waals surface area contributed by atoms with E-state index in [2.05, 4.69) is 10.00 Å². The second kappa shape index (κ2) is 6.86. The van der Waals surface area contributed by atoms with Gasteiger partial charge < -0.3 is 5.11 Å². The molecule has 0 amide bonds. The number of aliphatic hydroxyl groups excluding tert-OH is 1. The number of hydrogen-bond acceptors (Lipinski definition) is 5. The molecule has 8 heteroatoms. The van der Waals surface area contributed by atoms with Crippen molar-refractivity contribution < 1.29 is 17.9 Å². The van der Waals surface area contributed by atoms with E-state index in [4.69, 9.17) is 0 Å². The molecule has 0 saturated carbocycles. The minimum Gasteiger partial charge on any atom is -0.386 e. The monoisotopic (exact) mass is 367 g/mol. The van der Waals surface area contributed by atoms with Gasteiger partial charge in [-0.15, -0.1) is 0 Å². The molecule has 0 spiro atoms. The van der Waals surface area contributed by atoms with Crippen molar-refractivity contribution in [3.8, 4) is 0 Å². The molecule has 1 atom stereocenters. The molecule has 0 bridgehead atoms. The molecular formula is C17H22FN3O3S. The summed E-state index contributed by atoms with van der Waals surface area (Å²) < 4.78 is 38.2. The highest BCUT2D eigenvalue weighted by Gasteiger charge is 2.23. The third-order valence-electron chi connectivity index (χ3n) is 4.34. The van der Waals surface area contributed by atoms with E-state index in [-0.39, 0.29) is 11.6 Å².